The Labute approximate surface area is 145 Å². The van der Waals surface area contributed by atoms with Crippen LogP contribution in [0.25, 0.3) is 0 Å². The largest absolute Gasteiger partial charge is 0.482 e. The Kier molecular flexibility index (Phi) is 4.97. The minimum atomic E-state index is -0.294. The first-order valence-electron chi connectivity index (χ1n) is 8.07. The average molecular weight is 342 g/mol. The Bertz CT molecular complexity index is 807. The van der Waals surface area contributed by atoms with E-state index in [1.807, 2.05) is 12.1 Å². The van der Waals surface area contributed by atoms with E-state index in [9.17, 15) is 14.0 Å². The van der Waals surface area contributed by atoms with Crippen molar-refractivity contribution in [2.45, 2.75) is 19.4 Å². The minimum absolute atomic E-state index is 0.0373. The number of carbonyl (C=O) groups is 2. The highest BCUT2D eigenvalue weighted by atomic mass is 19.1. The lowest BCUT2D eigenvalue weighted by atomic mass is 10.1. The van der Waals surface area contributed by atoms with E-state index in [-0.39, 0.29) is 30.7 Å². The highest BCUT2D eigenvalue weighted by molar-refractivity contribution is 5.97. The van der Waals surface area contributed by atoms with Crippen LogP contribution in [-0.2, 0) is 22.6 Å². The maximum Gasteiger partial charge on any atom is 0.264 e. The molecule has 1 N–H and O–H groups in total. The summed E-state index contributed by atoms with van der Waals surface area (Å²) in [4.78, 5) is 25.2. The van der Waals surface area contributed by atoms with Crippen LogP contribution in [0, 0.1) is 5.82 Å². The molecule has 1 aliphatic heterocycles. The number of hydrogen-bond acceptors (Lipinski definition) is 3. The summed E-state index contributed by atoms with van der Waals surface area (Å²) in [7, 11) is 1.69. The summed E-state index contributed by atoms with van der Waals surface area (Å²) in [5.74, 6) is 0.0923. The molecule has 2 amide bonds. The molecule has 0 spiro atoms. The van der Waals surface area contributed by atoms with Crippen molar-refractivity contribution >= 4 is 17.5 Å². The molecule has 0 fully saturated rings. The molecule has 1 heterocycles. The van der Waals surface area contributed by atoms with Crippen LogP contribution < -0.4 is 15.0 Å². The molecule has 0 saturated heterocycles. The summed E-state index contributed by atoms with van der Waals surface area (Å²) in [5.41, 5.74) is 2.08. The van der Waals surface area contributed by atoms with Gasteiger partial charge < -0.3 is 15.0 Å². The number of hydrogen-bond donors (Lipinski definition) is 1. The van der Waals surface area contributed by atoms with E-state index in [4.69, 9.17) is 4.74 Å². The van der Waals surface area contributed by atoms with Gasteiger partial charge in [-0.15, -0.1) is 0 Å². The van der Waals surface area contributed by atoms with Crippen LogP contribution in [0.1, 0.15) is 17.5 Å². The minimum Gasteiger partial charge on any atom is -0.482 e. The van der Waals surface area contributed by atoms with E-state index in [2.05, 4.69) is 5.32 Å². The number of carbonyl (C=O) groups excluding carboxylic acids is 2. The zero-order chi connectivity index (χ0) is 17.8. The second kappa shape index (κ2) is 7.34. The van der Waals surface area contributed by atoms with Crippen molar-refractivity contribution < 1.29 is 18.7 Å². The number of benzene rings is 2. The summed E-state index contributed by atoms with van der Waals surface area (Å²) < 4.78 is 18.9. The third kappa shape index (κ3) is 3.96. The Morgan fingerprint density at radius 2 is 2.08 bits per heavy atom. The second-order valence-corrected chi connectivity index (χ2v) is 5.91. The van der Waals surface area contributed by atoms with Gasteiger partial charge in [-0.3, -0.25) is 9.59 Å². The molecule has 0 unspecified atom stereocenters. The topological polar surface area (TPSA) is 58.6 Å². The lowest BCUT2D eigenvalue weighted by Gasteiger charge is -2.26. The van der Waals surface area contributed by atoms with Crippen molar-refractivity contribution in [1.82, 2.24) is 5.32 Å². The van der Waals surface area contributed by atoms with Gasteiger partial charge in [0.25, 0.3) is 5.91 Å². The molecule has 5 nitrogen and oxygen atoms in total. The van der Waals surface area contributed by atoms with Gasteiger partial charge in [-0.25, -0.2) is 4.39 Å². The normalized spacial score (nSPS) is 13.2. The maximum atomic E-state index is 13.5. The standard InChI is InChI=1S/C19H19FN2O3/c1-22-16-10-13(6-8-17(16)25-12-19(22)24)11-21-18(23)9-7-14-4-2-3-5-15(14)20/h2-6,8,10H,7,9,11-12H2,1H3,(H,21,23). The smallest absolute Gasteiger partial charge is 0.264 e. The number of anilines is 1. The van der Waals surface area contributed by atoms with Crippen molar-refractivity contribution in [3.63, 3.8) is 0 Å². The van der Waals surface area contributed by atoms with Crippen molar-refractivity contribution in [1.29, 1.82) is 0 Å². The Balaban J connectivity index is 1.56. The van der Waals surface area contributed by atoms with Crippen LogP contribution in [0.3, 0.4) is 0 Å². The first-order chi connectivity index (χ1) is 12.0. The third-order valence-electron chi connectivity index (χ3n) is 4.18. The van der Waals surface area contributed by atoms with Crippen molar-refractivity contribution in [3.8, 4) is 5.75 Å². The monoisotopic (exact) mass is 342 g/mol. The number of rotatable bonds is 5. The molecule has 25 heavy (non-hydrogen) atoms. The van der Waals surface area contributed by atoms with Crippen LogP contribution in [0.2, 0.25) is 0 Å². The van der Waals surface area contributed by atoms with Crippen LogP contribution >= 0.6 is 0 Å². The van der Waals surface area contributed by atoms with Crippen LogP contribution in [-0.4, -0.2) is 25.5 Å². The molecule has 3 rings (SSSR count). The molecular formula is C19H19FN2O3. The number of halogens is 1. The van der Waals surface area contributed by atoms with E-state index in [0.717, 1.165) is 5.56 Å². The van der Waals surface area contributed by atoms with E-state index < -0.39 is 0 Å². The first-order valence-corrected chi connectivity index (χ1v) is 8.07. The molecule has 0 bridgehead atoms. The van der Waals surface area contributed by atoms with Crippen molar-refractivity contribution in [2.75, 3.05) is 18.6 Å². The van der Waals surface area contributed by atoms with E-state index in [1.54, 1.807) is 36.2 Å². The Morgan fingerprint density at radius 3 is 2.88 bits per heavy atom. The van der Waals surface area contributed by atoms with E-state index in [1.165, 1.54) is 6.07 Å². The van der Waals surface area contributed by atoms with Gasteiger partial charge in [0, 0.05) is 20.0 Å². The second-order valence-electron chi connectivity index (χ2n) is 5.91. The van der Waals surface area contributed by atoms with E-state index in [0.29, 0.717) is 30.0 Å². The van der Waals surface area contributed by atoms with Crippen molar-refractivity contribution in [2.24, 2.45) is 0 Å². The highest BCUT2D eigenvalue weighted by Crippen LogP contribution is 2.31. The summed E-state index contributed by atoms with van der Waals surface area (Å²) in [5, 5.41) is 2.82. The molecule has 1 aliphatic rings. The van der Waals surface area contributed by atoms with Gasteiger partial charge in [-0.1, -0.05) is 24.3 Å². The van der Waals surface area contributed by atoms with Gasteiger partial charge in [0.1, 0.15) is 11.6 Å². The average Bonchev–Trinajstić information content (AvgIpc) is 2.62. The van der Waals surface area contributed by atoms with Crippen molar-refractivity contribution in [3.05, 3.63) is 59.4 Å². The predicted octanol–water partition coefficient (Wildman–Crippen LogP) is 2.43. The zero-order valence-electron chi connectivity index (χ0n) is 13.9. The summed E-state index contributed by atoms with van der Waals surface area (Å²) in [6.07, 6.45) is 0.571. The molecule has 6 heteroatoms. The lowest BCUT2D eigenvalue weighted by molar-refractivity contribution is -0.121. The van der Waals surface area contributed by atoms with Gasteiger partial charge in [0.05, 0.1) is 5.69 Å². The number of fused-ring (bicyclic) bond motifs is 1. The highest BCUT2D eigenvalue weighted by Gasteiger charge is 2.22. The molecule has 0 radical (unpaired) electrons. The number of nitrogens with one attached hydrogen (secondary N) is 1. The van der Waals surface area contributed by atoms with Gasteiger partial charge in [0.2, 0.25) is 5.91 Å². The number of ether oxygens (including phenoxy) is 1. The maximum absolute atomic E-state index is 13.5. The Hall–Kier alpha value is -2.89. The number of amides is 2. The number of likely N-dealkylation sites (N-methyl/N-ethyl adjacent to an activating group) is 1. The zero-order valence-corrected chi connectivity index (χ0v) is 13.9. The van der Waals surface area contributed by atoms with Crippen LogP contribution in [0.15, 0.2) is 42.5 Å². The molecule has 0 atom stereocenters. The summed E-state index contributed by atoms with van der Waals surface area (Å²) in [6, 6.07) is 11.9. The Morgan fingerprint density at radius 1 is 1.28 bits per heavy atom. The van der Waals surface area contributed by atoms with Gasteiger partial charge in [-0.2, -0.15) is 0 Å². The predicted molar refractivity (Wildman–Crippen MR) is 91.9 cm³/mol. The van der Waals surface area contributed by atoms with E-state index >= 15 is 0 Å². The fourth-order valence-corrected chi connectivity index (χ4v) is 2.67. The summed E-state index contributed by atoms with van der Waals surface area (Å²) >= 11 is 0. The molecule has 0 saturated carbocycles. The lowest BCUT2D eigenvalue weighted by Crippen LogP contribution is -2.35. The fourth-order valence-electron chi connectivity index (χ4n) is 2.67. The quantitative estimate of drug-likeness (QED) is 0.908. The molecule has 130 valence electrons. The molecular weight excluding hydrogens is 323 g/mol. The SMILES string of the molecule is CN1C(=O)COc2ccc(CNC(=O)CCc3ccccc3F)cc21. The summed E-state index contributed by atoms with van der Waals surface area (Å²) in [6.45, 7) is 0.376. The van der Waals surface area contributed by atoms with Crippen LogP contribution in [0.4, 0.5) is 10.1 Å². The van der Waals surface area contributed by atoms with Crippen LogP contribution in [0.5, 0.6) is 5.75 Å². The third-order valence-corrected chi connectivity index (χ3v) is 4.18. The van der Waals surface area contributed by atoms with Gasteiger partial charge in [-0.05, 0) is 35.7 Å². The van der Waals surface area contributed by atoms with Gasteiger partial charge in [0.15, 0.2) is 6.61 Å². The fraction of sp³-hybridized carbons (Fsp3) is 0.263. The molecule has 2 aromatic rings. The number of aryl methyl sites for hydroxylation is 1. The first kappa shape index (κ1) is 17.0. The number of nitrogens with zero attached hydrogens (tertiary/aromatic N) is 1. The van der Waals surface area contributed by atoms with Gasteiger partial charge >= 0.3 is 0 Å². The molecule has 0 aromatic heterocycles. The molecule has 2 aromatic carbocycles. The molecule has 0 aliphatic carbocycles.